The third kappa shape index (κ3) is 5.51. The Morgan fingerprint density at radius 1 is 0.833 bits per heavy atom. The zero-order valence-corrected chi connectivity index (χ0v) is 18.7. The molecule has 0 saturated carbocycles. The van der Waals surface area contributed by atoms with Crippen LogP contribution >= 0.6 is 0 Å². The van der Waals surface area contributed by atoms with Crippen molar-refractivity contribution in [2.24, 2.45) is 0 Å². The molecule has 0 fully saturated rings. The predicted molar refractivity (Wildman–Crippen MR) is 126 cm³/mol. The van der Waals surface area contributed by atoms with Crippen LogP contribution in [0, 0.1) is 13.8 Å². The van der Waals surface area contributed by atoms with Crippen molar-refractivity contribution in [2.75, 3.05) is 0 Å². The monoisotopic (exact) mass is 435 g/mol. The van der Waals surface area contributed by atoms with E-state index in [9.17, 15) is 8.42 Å². The Morgan fingerprint density at radius 3 is 1.90 bits per heavy atom. The van der Waals surface area contributed by atoms with Crippen LogP contribution in [0.2, 0.25) is 0 Å². The second kappa shape index (κ2) is 10.4. The third-order valence-electron chi connectivity index (χ3n) is 4.61. The first-order chi connectivity index (χ1) is 14.5. The van der Waals surface area contributed by atoms with Gasteiger partial charge in [-0.25, -0.2) is 13.1 Å². The van der Waals surface area contributed by atoms with Gasteiger partial charge in [0.25, 0.3) is 0 Å². The van der Waals surface area contributed by atoms with Gasteiger partial charge in [0, 0.05) is 9.80 Å². The molecule has 0 amide bonds. The number of aryl methyl sites for hydroxylation is 2. The Labute approximate surface area is 183 Å². The normalized spacial score (nSPS) is 14.7. The van der Waals surface area contributed by atoms with Gasteiger partial charge in [0.2, 0.25) is 0 Å². The van der Waals surface area contributed by atoms with Gasteiger partial charge in [0.05, 0.1) is 21.7 Å². The summed E-state index contributed by atoms with van der Waals surface area (Å²) in [5.41, 5.74) is 3.08. The molecule has 0 bridgehead atoms. The van der Waals surface area contributed by atoms with Crippen LogP contribution in [0.3, 0.4) is 0 Å². The first kappa shape index (κ1) is 22.1. The smallest absolute Gasteiger partial charge is 0.125 e. The van der Waals surface area contributed by atoms with E-state index in [2.05, 4.69) is 11.3 Å². The lowest BCUT2D eigenvalue weighted by Crippen LogP contribution is -2.27. The molecular formula is C25H25NO2S2. The molecule has 3 aromatic rings. The molecule has 0 spiro atoms. The second-order valence-electron chi connectivity index (χ2n) is 6.93. The molecule has 0 radical (unpaired) electrons. The second-order valence-corrected chi connectivity index (χ2v) is 9.65. The predicted octanol–water partition coefficient (Wildman–Crippen LogP) is 5.53. The van der Waals surface area contributed by atoms with Gasteiger partial charge >= 0.3 is 0 Å². The molecule has 0 aliphatic rings. The van der Waals surface area contributed by atoms with Crippen LogP contribution < -0.4 is 4.72 Å². The van der Waals surface area contributed by atoms with Crippen molar-refractivity contribution in [3.8, 4) is 0 Å². The van der Waals surface area contributed by atoms with Crippen LogP contribution in [0.25, 0.3) is 0 Å². The van der Waals surface area contributed by atoms with Gasteiger partial charge in [-0.15, -0.1) is 0 Å². The van der Waals surface area contributed by atoms with E-state index in [1.807, 2.05) is 92.7 Å². The van der Waals surface area contributed by atoms with Gasteiger partial charge in [-0.2, -0.15) is 0 Å². The van der Waals surface area contributed by atoms with Crippen molar-refractivity contribution in [3.63, 3.8) is 0 Å². The summed E-state index contributed by atoms with van der Waals surface area (Å²) in [6.45, 7) is 7.78. The maximum atomic E-state index is 13.5. The third-order valence-corrected chi connectivity index (χ3v) is 7.26. The highest BCUT2D eigenvalue weighted by Crippen LogP contribution is 2.29. The van der Waals surface area contributed by atoms with Gasteiger partial charge in [0.1, 0.15) is 11.0 Å². The minimum absolute atomic E-state index is 0.506. The number of hydrogen-bond acceptors (Lipinski definition) is 2. The van der Waals surface area contributed by atoms with E-state index in [4.69, 9.17) is 0 Å². The van der Waals surface area contributed by atoms with Crippen molar-refractivity contribution in [1.29, 1.82) is 0 Å². The maximum absolute atomic E-state index is 13.5. The van der Waals surface area contributed by atoms with E-state index < -0.39 is 27.8 Å². The van der Waals surface area contributed by atoms with Crippen molar-refractivity contribution in [3.05, 3.63) is 119 Å². The maximum Gasteiger partial charge on any atom is 0.125 e. The van der Waals surface area contributed by atoms with Crippen molar-refractivity contribution >= 4 is 21.8 Å². The average Bonchev–Trinajstić information content (AvgIpc) is 2.77. The Balaban J connectivity index is 2.00. The van der Waals surface area contributed by atoms with Crippen LogP contribution in [0.1, 0.15) is 22.7 Å². The number of hydrogen-bond donors (Lipinski definition) is 1. The number of allylic oxidation sites excluding steroid dienone is 2. The van der Waals surface area contributed by atoms with E-state index in [1.54, 1.807) is 12.2 Å². The molecule has 3 aromatic carbocycles. The molecule has 0 aromatic heterocycles. The van der Waals surface area contributed by atoms with E-state index in [-0.39, 0.29) is 0 Å². The van der Waals surface area contributed by atoms with E-state index in [0.717, 1.165) is 16.7 Å². The van der Waals surface area contributed by atoms with Gasteiger partial charge in [-0.1, -0.05) is 78.4 Å². The lowest BCUT2D eigenvalue weighted by molar-refractivity contribution is 0.658. The fourth-order valence-corrected chi connectivity index (χ4v) is 5.31. The van der Waals surface area contributed by atoms with Gasteiger partial charge < -0.3 is 0 Å². The summed E-state index contributed by atoms with van der Waals surface area (Å²) in [5.74, 6) is 0. The summed E-state index contributed by atoms with van der Waals surface area (Å²) in [5, 5.41) is 0. The quantitative estimate of drug-likeness (QED) is 0.473. The van der Waals surface area contributed by atoms with Crippen LogP contribution in [0.5, 0.6) is 0 Å². The lowest BCUT2D eigenvalue weighted by Gasteiger charge is -2.22. The Hall–Kier alpha value is -2.60. The fourth-order valence-electron chi connectivity index (χ4n) is 2.95. The molecule has 30 heavy (non-hydrogen) atoms. The Morgan fingerprint density at radius 2 is 1.37 bits per heavy atom. The standard InChI is InChI=1S/C25H25NO2S2/c1-4-8-24(29(27)22-15-11-19(2)12-16-22)25(21-9-6-5-7-10-21)26-30(28)23-17-13-20(3)14-18-23/h4-18,25-26H,1H2,2-3H3/b24-8+/t25-,29-,30+/m0/s1. The number of benzene rings is 3. The molecule has 0 heterocycles. The molecule has 5 heteroatoms. The van der Waals surface area contributed by atoms with Gasteiger partial charge in [-0.05, 0) is 49.8 Å². The average molecular weight is 436 g/mol. The topological polar surface area (TPSA) is 46.2 Å². The van der Waals surface area contributed by atoms with Crippen LogP contribution in [0.4, 0.5) is 0 Å². The molecule has 0 unspecified atom stereocenters. The van der Waals surface area contributed by atoms with Gasteiger partial charge in [0.15, 0.2) is 0 Å². The highest BCUT2D eigenvalue weighted by Gasteiger charge is 2.24. The molecule has 3 nitrogen and oxygen atoms in total. The fraction of sp³-hybridized carbons (Fsp3) is 0.120. The molecule has 3 atom stereocenters. The molecule has 0 saturated heterocycles. The molecule has 0 aliphatic carbocycles. The van der Waals surface area contributed by atoms with Crippen LogP contribution in [-0.2, 0) is 21.8 Å². The Bertz CT molecular complexity index is 1070. The molecule has 3 rings (SSSR count). The summed E-state index contributed by atoms with van der Waals surface area (Å²) in [4.78, 5) is 1.96. The Kier molecular flexibility index (Phi) is 7.69. The highest BCUT2D eigenvalue weighted by molar-refractivity contribution is 7.89. The first-order valence-corrected chi connectivity index (χ1v) is 11.9. The van der Waals surface area contributed by atoms with Crippen molar-refractivity contribution in [1.82, 2.24) is 4.72 Å². The summed E-state index contributed by atoms with van der Waals surface area (Å²) in [6, 6.07) is 24.3. The lowest BCUT2D eigenvalue weighted by atomic mass is 10.1. The summed E-state index contributed by atoms with van der Waals surface area (Å²) >= 11 is 0. The van der Waals surface area contributed by atoms with Gasteiger partial charge in [-0.3, -0.25) is 0 Å². The highest BCUT2D eigenvalue weighted by atomic mass is 32.2. The van der Waals surface area contributed by atoms with Crippen molar-refractivity contribution in [2.45, 2.75) is 29.7 Å². The van der Waals surface area contributed by atoms with Crippen molar-refractivity contribution < 1.29 is 8.42 Å². The van der Waals surface area contributed by atoms with E-state index >= 15 is 0 Å². The van der Waals surface area contributed by atoms with E-state index in [0.29, 0.717) is 14.7 Å². The molecular weight excluding hydrogens is 410 g/mol. The summed E-state index contributed by atoms with van der Waals surface area (Å²) in [7, 11) is -2.93. The molecule has 154 valence electrons. The molecule has 0 aliphatic heterocycles. The molecule has 1 N–H and O–H groups in total. The largest absolute Gasteiger partial charge is 0.249 e. The van der Waals surface area contributed by atoms with Crippen LogP contribution in [0.15, 0.2) is 112 Å². The first-order valence-electron chi connectivity index (χ1n) is 9.60. The number of rotatable bonds is 8. The minimum Gasteiger partial charge on any atom is -0.249 e. The zero-order valence-electron chi connectivity index (χ0n) is 17.1. The SMILES string of the molecule is C=C/C=C(\[C@@H](N[S@](=O)c1ccc(C)cc1)c1ccccc1)[S@@](=O)c1ccc(C)cc1. The van der Waals surface area contributed by atoms with E-state index in [1.165, 1.54) is 0 Å². The van der Waals surface area contributed by atoms with Crippen LogP contribution in [-0.4, -0.2) is 8.42 Å². The minimum atomic E-state index is -1.48. The summed E-state index contributed by atoms with van der Waals surface area (Å²) < 4.78 is 29.8. The number of nitrogens with one attached hydrogen (secondary N) is 1. The summed E-state index contributed by atoms with van der Waals surface area (Å²) in [6.07, 6.45) is 3.36. The zero-order chi connectivity index (χ0) is 21.5.